The SMILES string of the molecule is CC(CCN)CCC(=O)NC(C)c1ccc2c(c1)OCO2. The summed E-state index contributed by atoms with van der Waals surface area (Å²) in [5.41, 5.74) is 6.53. The van der Waals surface area contributed by atoms with Gasteiger partial charge in [0.15, 0.2) is 11.5 Å². The van der Waals surface area contributed by atoms with Gasteiger partial charge in [0.05, 0.1) is 6.04 Å². The van der Waals surface area contributed by atoms with Gasteiger partial charge in [0.1, 0.15) is 0 Å². The van der Waals surface area contributed by atoms with Gasteiger partial charge in [-0.05, 0) is 49.9 Å². The van der Waals surface area contributed by atoms with Gasteiger partial charge in [-0.1, -0.05) is 13.0 Å². The second-order valence-corrected chi connectivity index (χ2v) is 5.62. The van der Waals surface area contributed by atoms with Crippen molar-refractivity contribution in [1.29, 1.82) is 0 Å². The predicted octanol–water partition coefficient (Wildman–Crippen LogP) is 2.36. The number of amides is 1. The van der Waals surface area contributed by atoms with Gasteiger partial charge in [-0.25, -0.2) is 0 Å². The lowest BCUT2D eigenvalue weighted by molar-refractivity contribution is -0.122. The molecule has 2 unspecified atom stereocenters. The van der Waals surface area contributed by atoms with Gasteiger partial charge in [0.25, 0.3) is 0 Å². The molecule has 21 heavy (non-hydrogen) atoms. The minimum absolute atomic E-state index is 0.0446. The Balaban J connectivity index is 1.83. The number of nitrogens with one attached hydrogen (secondary N) is 1. The van der Waals surface area contributed by atoms with Crippen molar-refractivity contribution >= 4 is 5.91 Å². The van der Waals surface area contributed by atoms with Crippen molar-refractivity contribution in [2.75, 3.05) is 13.3 Å². The first-order valence-corrected chi connectivity index (χ1v) is 7.49. The van der Waals surface area contributed by atoms with E-state index in [2.05, 4.69) is 12.2 Å². The monoisotopic (exact) mass is 292 g/mol. The number of hydrogen-bond acceptors (Lipinski definition) is 4. The first kappa shape index (κ1) is 15.6. The Morgan fingerprint density at radius 1 is 1.29 bits per heavy atom. The molecule has 2 rings (SSSR count). The highest BCUT2D eigenvalue weighted by molar-refractivity contribution is 5.76. The van der Waals surface area contributed by atoms with Crippen LogP contribution in [0.4, 0.5) is 0 Å². The number of hydrogen-bond donors (Lipinski definition) is 2. The van der Waals surface area contributed by atoms with Gasteiger partial charge in [-0.2, -0.15) is 0 Å². The summed E-state index contributed by atoms with van der Waals surface area (Å²) in [6.45, 7) is 5.04. The van der Waals surface area contributed by atoms with Gasteiger partial charge < -0.3 is 20.5 Å². The van der Waals surface area contributed by atoms with Crippen LogP contribution < -0.4 is 20.5 Å². The average Bonchev–Trinajstić information content (AvgIpc) is 2.92. The Hall–Kier alpha value is -1.75. The van der Waals surface area contributed by atoms with Gasteiger partial charge in [0, 0.05) is 6.42 Å². The Morgan fingerprint density at radius 3 is 2.81 bits per heavy atom. The molecule has 1 heterocycles. The van der Waals surface area contributed by atoms with Crippen LogP contribution >= 0.6 is 0 Å². The average molecular weight is 292 g/mol. The van der Waals surface area contributed by atoms with E-state index in [0.717, 1.165) is 29.9 Å². The summed E-state index contributed by atoms with van der Waals surface area (Å²) < 4.78 is 10.6. The van der Waals surface area contributed by atoms with Gasteiger partial charge in [-0.3, -0.25) is 4.79 Å². The molecule has 0 radical (unpaired) electrons. The molecule has 0 fully saturated rings. The van der Waals surface area contributed by atoms with Crippen molar-refractivity contribution in [2.24, 2.45) is 11.7 Å². The maximum Gasteiger partial charge on any atom is 0.231 e. The van der Waals surface area contributed by atoms with E-state index in [9.17, 15) is 4.79 Å². The fraction of sp³-hybridized carbons (Fsp3) is 0.562. The van der Waals surface area contributed by atoms with Crippen molar-refractivity contribution in [3.05, 3.63) is 23.8 Å². The van der Waals surface area contributed by atoms with Gasteiger partial charge in [0.2, 0.25) is 12.7 Å². The first-order valence-electron chi connectivity index (χ1n) is 7.49. The lowest BCUT2D eigenvalue weighted by Gasteiger charge is -2.16. The van der Waals surface area contributed by atoms with Crippen LogP contribution in [-0.4, -0.2) is 19.2 Å². The second kappa shape index (κ2) is 7.31. The fourth-order valence-corrected chi connectivity index (χ4v) is 2.39. The second-order valence-electron chi connectivity index (χ2n) is 5.62. The van der Waals surface area contributed by atoms with Crippen LogP contribution in [0.2, 0.25) is 0 Å². The van der Waals surface area contributed by atoms with Crippen molar-refractivity contribution in [3.8, 4) is 11.5 Å². The van der Waals surface area contributed by atoms with Crippen molar-refractivity contribution in [1.82, 2.24) is 5.32 Å². The van der Waals surface area contributed by atoms with E-state index < -0.39 is 0 Å². The van der Waals surface area contributed by atoms with Crippen LogP contribution in [0.25, 0.3) is 0 Å². The molecule has 5 nitrogen and oxygen atoms in total. The third-order valence-electron chi connectivity index (χ3n) is 3.80. The summed E-state index contributed by atoms with van der Waals surface area (Å²) in [5.74, 6) is 2.06. The van der Waals surface area contributed by atoms with E-state index in [1.165, 1.54) is 0 Å². The zero-order valence-corrected chi connectivity index (χ0v) is 12.7. The third kappa shape index (κ3) is 4.36. The molecule has 0 aliphatic carbocycles. The summed E-state index contributed by atoms with van der Waals surface area (Å²) in [6, 6.07) is 5.71. The zero-order valence-electron chi connectivity index (χ0n) is 12.7. The summed E-state index contributed by atoms with van der Waals surface area (Å²) in [4.78, 5) is 12.0. The lowest BCUT2D eigenvalue weighted by atomic mass is 10.0. The minimum Gasteiger partial charge on any atom is -0.454 e. The van der Waals surface area contributed by atoms with Gasteiger partial charge in [-0.15, -0.1) is 0 Å². The van der Waals surface area contributed by atoms with E-state index in [4.69, 9.17) is 15.2 Å². The van der Waals surface area contributed by atoms with Crippen LogP contribution in [-0.2, 0) is 4.79 Å². The molecule has 116 valence electrons. The molecule has 0 saturated heterocycles. The Morgan fingerprint density at radius 2 is 2.05 bits per heavy atom. The van der Waals surface area contributed by atoms with E-state index in [1.807, 2.05) is 25.1 Å². The number of nitrogens with two attached hydrogens (primary N) is 1. The molecule has 1 aliphatic heterocycles. The zero-order chi connectivity index (χ0) is 15.2. The standard InChI is InChI=1S/C16H24N2O3/c1-11(7-8-17)3-6-16(19)18-12(2)13-4-5-14-15(9-13)21-10-20-14/h4-5,9,11-12H,3,6-8,10,17H2,1-2H3,(H,18,19). The highest BCUT2D eigenvalue weighted by Gasteiger charge is 2.17. The van der Waals surface area contributed by atoms with Crippen molar-refractivity contribution in [2.45, 2.75) is 39.2 Å². The quantitative estimate of drug-likeness (QED) is 0.809. The highest BCUT2D eigenvalue weighted by atomic mass is 16.7. The van der Waals surface area contributed by atoms with E-state index in [1.54, 1.807) is 0 Å². The molecule has 0 bridgehead atoms. The highest BCUT2D eigenvalue weighted by Crippen LogP contribution is 2.34. The largest absolute Gasteiger partial charge is 0.454 e. The molecule has 0 spiro atoms. The molecule has 2 atom stereocenters. The summed E-state index contributed by atoms with van der Waals surface area (Å²) in [7, 11) is 0. The number of fused-ring (bicyclic) bond motifs is 1. The van der Waals surface area contributed by atoms with E-state index >= 15 is 0 Å². The van der Waals surface area contributed by atoms with Crippen LogP contribution in [0.1, 0.15) is 44.7 Å². The molecular weight excluding hydrogens is 268 g/mol. The molecule has 1 aliphatic rings. The normalized spacial score (nSPS) is 15.6. The molecule has 0 aromatic heterocycles. The first-order chi connectivity index (χ1) is 10.1. The topological polar surface area (TPSA) is 73.6 Å². The van der Waals surface area contributed by atoms with Crippen LogP contribution in [0.15, 0.2) is 18.2 Å². The Bertz CT molecular complexity index is 490. The van der Waals surface area contributed by atoms with Crippen molar-refractivity contribution in [3.63, 3.8) is 0 Å². The predicted molar refractivity (Wildman–Crippen MR) is 81.2 cm³/mol. The maximum absolute atomic E-state index is 12.0. The minimum atomic E-state index is -0.0446. The lowest BCUT2D eigenvalue weighted by Crippen LogP contribution is -2.26. The molecule has 1 aromatic carbocycles. The fourth-order valence-electron chi connectivity index (χ4n) is 2.39. The maximum atomic E-state index is 12.0. The Kier molecular flexibility index (Phi) is 5.44. The molecule has 5 heteroatoms. The van der Waals surface area contributed by atoms with Crippen LogP contribution in [0, 0.1) is 5.92 Å². The number of ether oxygens (including phenoxy) is 2. The van der Waals surface area contributed by atoms with Crippen LogP contribution in [0.3, 0.4) is 0 Å². The summed E-state index contributed by atoms with van der Waals surface area (Å²) in [5, 5.41) is 3.02. The number of carbonyl (C=O) groups excluding carboxylic acids is 1. The Labute approximate surface area is 125 Å². The summed E-state index contributed by atoms with van der Waals surface area (Å²) >= 11 is 0. The smallest absolute Gasteiger partial charge is 0.231 e. The van der Waals surface area contributed by atoms with Gasteiger partial charge >= 0.3 is 0 Å². The van der Waals surface area contributed by atoms with Crippen molar-refractivity contribution < 1.29 is 14.3 Å². The molecule has 1 aromatic rings. The number of benzene rings is 1. The number of rotatable bonds is 7. The molecule has 3 N–H and O–H groups in total. The van der Waals surface area contributed by atoms with Crippen LogP contribution in [0.5, 0.6) is 11.5 Å². The third-order valence-corrected chi connectivity index (χ3v) is 3.80. The number of carbonyl (C=O) groups is 1. The molecule has 0 saturated carbocycles. The van der Waals surface area contributed by atoms with E-state index in [0.29, 0.717) is 18.9 Å². The molecule has 1 amide bonds. The molecular formula is C16H24N2O3. The van der Waals surface area contributed by atoms with E-state index in [-0.39, 0.29) is 18.7 Å². The summed E-state index contributed by atoms with van der Waals surface area (Å²) in [6.07, 6.45) is 2.37.